The van der Waals surface area contributed by atoms with Crippen molar-refractivity contribution in [3.05, 3.63) is 95.1 Å². The molecular weight excluding hydrogens is 577 g/mol. The number of aliphatic hydroxyl groups is 1. The van der Waals surface area contributed by atoms with Gasteiger partial charge in [0.25, 0.3) is 5.91 Å². The van der Waals surface area contributed by atoms with Crippen molar-refractivity contribution >= 4 is 21.4 Å². The molecular formula is C33H39F3N2O4S. The highest BCUT2D eigenvalue weighted by Gasteiger charge is 2.40. The van der Waals surface area contributed by atoms with Crippen molar-refractivity contribution < 1.29 is 31.5 Å². The first kappa shape index (κ1) is 32.5. The molecule has 3 aromatic carbocycles. The second-order valence-corrected chi connectivity index (χ2v) is 13.4. The van der Waals surface area contributed by atoms with Crippen LogP contribution in [0.3, 0.4) is 0 Å². The van der Waals surface area contributed by atoms with Gasteiger partial charge < -0.3 is 15.3 Å². The summed E-state index contributed by atoms with van der Waals surface area (Å²) in [5, 5.41) is 12.8. The van der Waals surface area contributed by atoms with Gasteiger partial charge in [-0.3, -0.25) is 4.79 Å². The summed E-state index contributed by atoms with van der Waals surface area (Å²) in [7, 11) is -3.36. The van der Waals surface area contributed by atoms with Crippen LogP contribution < -0.4 is 10.2 Å². The highest BCUT2D eigenvalue weighted by Crippen LogP contribution is 2.43. The van der Waals surface area contributed by atoms with Gasteiger partial charge >= 0.3 is 6.18 Å². The molecule has 10 heteroatoms. The molecule has 1 unspecified atom stereocenters. The van der Waals surface area contributed by atoms with Gasteiger partial charge in [0.1, 0.15) is 0 Å². The highest BCUT2D eigenvalue weighted by atomic mass is 32.2. The van der Waals surface area contributed by atoms with Crippen molar-refractivity contribution in [1.82, 2.24) is 5.32 Å². The number of rotatable bonds is 10. The molecule has 1 heterocycles. The Labute approximate surface area is 251 Å². The number of hydrogen-bond donors (Lipinski definition) is 2. The number of halogens is 3. The van der Waals surface area contributed by atoms with Crippen LogP contribution in [-0.4, -0.2) is 43.9 Å². The lowest BCUT2D eigenvalue weighted by atomic mass is 9.76. The van der Waals surface area contributed by atoms with Gasteiger partial charge in [-0.15, -0.1) is 0 Å². The van der Waals surface area contributed by atoms with Crippen molar-refractivity contribution in [3.63, 3.8) is 0 Å². The number of benzene rings is 3. The average Bonchev–Trinajstić information content (AvgIpc) is 3.03. The Bertz CT molecular complexity index is 1490. The van der Waals surface area contributed by atoms with E-state index in [1.54, 1.807) is 43.3 Å². The number of piperidine rings is 1. The zero-order valence-electron chi connectivity index (χ0n) is 24.7. The smallest absolute Gasteiger partial charge is 0.394 e. The molecule has 0 aromatic heterocycles. The number of anilines is 1. The van der Waals surface area contributed by atoms with E-state index in [9.17, 15) is 31.5 Å². The summed E-state index contributed by atoms with van der Waals surface area (Å²) in [6, 6.07) is 18.1. The number of nitrogens with zero attached hydrogens (tertiary/aromatic N) is 1. The molecule has 43 heavy (non-hydrogen) atoms. The SMILES string of the molecule is CCC1(CC)CCC(c2ccc(C(F)(F)F)cc2)CN1c1ccc(C(=O)N[C@@H](CO)c2ccc(S(=O)(=O)CC)cc2)cc1. The topological polar surface area (TPSA) is 86.7 Å². The molecule has 0 radical (unpaired) electrons. The minimum absolute atomic E-state index is 0.0206. The van der Waals surface area contributed by atoms with Gasteiger partial charge in [0.05, 0.1) is 28.9 Å². The number of aliphatic hydroxyl groups excluding tert-OH is 1. The molecule has 4 rings (SSSR count). The van der Waals surface area contributed by atoms with E-state index in [1.807, 2.05) is 12.1 Å². The number of alkyl halides is 3. The Hall–Kier alpha value is -3.37. The maximum absolute atomic E-state index is 13.1. The fourth-order valence-corrected chi connectivity index (χ4v) is 6.89. The molecule has 6 nitrogen and oxygen atoms in total. The number of carbonyl (C=O) groups is 1. The summed E-state index contributed by atoms with van der Waals surface area (Å²) in [6.07, 6.45) is -0.795. The fraction of sp³-hybridized carbons (Fsp3) is 0.424. The van der Waals surface area contributed by atoms with E-state index < -0.39 is 27.6 Å². The summed E-state index contributed by atoms with van der Waals surface area (Å²) in [5.74, 6) is -0.331. The third-order valence-corrected chi connectivity index (χ3v) is 10.7. The molecule has 1 fully saturated rings. The quantitative estimate of drug-likeness (QED) is 0.259. The van der Waals surface area contributed by atoms with Gasteiger partial charge in [-0.25, -0.2) is 8.42 Å². The third kappa shape index (κ3) is 7.07. The maximum atomic E-state index is 13.1. The maximum Gasteiger partial charge on any atom is 0.416 e. The summed E-state index contributed by atoms with van der Waals surface area (Å²) in [4.78, 5) is 15.6. The van der Waals surface area contributed by atoms with Crippen molar-refractivity contribution in [2.45, 2.75) is 75.0 Å². The lowest BCUT2D eigenvalue weighted by Gasteiger charge is -2.51. The van der Waals surface area contributed by atoms with Crippen LogP contribution in [0.5, 0.6) is 0 Å². The standard InChI is InChI=1S/C33H39F3N2O4S/c1-4-32(5-2)20-19-26(23-7-13-27(14-8-23)33(34,35)36)21-38(32)28-15-9-25(10-16-28)31(40)37-30(22-39)24-11-17-29(18-12-24)43(41,42)6-3/h7-18,26,30,39H,4-6,19-22H2,1-3H3,(H,37,40)/t26?,30-/m0/s1. The van der Waals surface area contributed by atoms with Gasteiger partial charge in [-0.2, -0.15) is 13.2 Å². The monoisotopic (exact) mass is 616 g/mol. The number of amides is 1. The number of nitrogens with one attached hydrogen (secondary N) is 1. The Kier molecular flexibility index (Phi) is 9.91. The minimum Gasteiger partial charge on any atom is -0.394 e. The summed E-state index contributed by atoms with van der Waals surface area (Å²) in [5.41, 5.74) is 2.04. The van der Waals surface area contributed by atoms with Crippen LogP contribution in [-0.2, 0) is 16.0 Å². The van der Waals surface area contributed by atoms with Crippen molar-refractivity contribution in [3.8, 4) is 0 Å². The summed E-state index contributed by atoms with van der Waals surface area (Å²) >= 11 is 0. The van der Waals surface area contributed by atoms with E-state index in [1.165, 1.54) is 12.1 Å². The van der Waals surface area contributed by atoms with E-state index in [4.69, 9.17) is 0 Å². The van der Waals surface area contributed by atoms with E-state index in [-0.39, 0.29) is 34.6 Å². The van der Waals surface area contributed by atoms with Crippen LogP contribution in [0.4, 0.5) is 18.9 Å². The molecule has 2 atom stereocenters. The Morgan fingerprint density at radius 1 is 0.977 bits per heavy atom. The first-order valence-electron chi connectivity index (χ1n) is 14.7. The summed E-state index contributed by atoms with van der Waals surface area (Å²) in [6.45, 7) is 6.15. The average molecular weight is 617 g/mol. The van der Waals surface area contributed by atoms with Crippen LogP contribution in [0.2, 0.25) is 0 Å². The lowest BCUT2D eigenvalue weighted by molar-refractivity contribution is -0.137. The molecule has 1 saturated heterocycles. The molecule has 1 aliphatic heterocycles. The second kappa shape index (κ2) is 13.1. The lowest BCUT2D eigenvalue weighted by Crippen LogP contribution is -2.53. The molecule has 232 valence electrons. The number of hydrogen-bond acceptors (Lipinski definition) is 5. The molecule has 0 saturated carbocycles. The Morgan fingerprint density at radius 2 is 1.58 bits per heavy atom. The van der Waals surface area contributed by atoms with Crippen LogP contribution in [0.25, 0.3) is 0 Å². The highest BCUT2D eigenvalue weighted by molar-refractivity contribution is 7.91. The van der Waals surface area contributed by atoms with Gasteiger partial charge in [0.15, 0.2) is 9.84 Å². The van der Waals surface area contributed by atoms with Gasteiger partial charge in [0.2, 0.25) is 0 Å². The van der Waals surface area contributed by atoms with Crippen LogP contribution in [0.15, 0.2) is 77.7 Å². The van der Waals surface area contributed by atoms with Crippen molar-refractivity contribution in [2.24, 2.45) is 0 Å². The first-order valence-corrected chi connectivity index (χ1v) is 16.3. The molecule has 0 aliphatic carbocycles. The molecule has 1 aliphatic rings. The minimum atomic E-state index is -4.37. The molecule has 0 spiro atoms. The molecule has 3 aromatic rings. The molecule has 0 bridgehead atoms. The van der Waals surface area contributed by atoms with Crippen LogP contribution in [0, 0.1) is 0 Å². The molecule has 1 amide bonds. The Balaban J connectivity index is 1.51. The number of sulfone groups is 1. The van der Waals surface area contributed by atoms with E-state index >= 15 is 0 Å². The zero-order valence-corrected chi connectivity index (χ0v) is 25.5. The van der Waals surface area contributed by atoms with Crippen molar-refractivity contribution in [2.75, 3.05) is 23.8 Å². The third-order valence-electron chi connectivity index (χ3n) is 8.91. The fourth-order valence-electron chi connectivity index (χ4n) is 6.01. The van der Waals surface area contributed by atoms with Gasteiger partial charge in [-0.1, -0.05) is 45.0 Å². The predicted octanol–water partition coefficient (Wildman–Crippen LogP) is 6.91. The van der Waals surface area contributed by atoms with Gasteiger partial charge in [0, 0.05) is 29.3 Å². The van der Waals surface area contributed by atoms with E-state index in [2.05, 4.69) is 24.1 Å². The van der Waals surface area contributed by atoms with Crippen molar-refractivity contribution in [1.29, 1.82) is 0 Å². The van der Waals surface area contributed by atoms with Crippen LogP contribution in [0.1, 0.15) is 85.5 Å². The zero-order chi connectivity index (χ0) is 31.4. The predicted molar refractivity (Wildman–Crippen MR) is 162 cm³/mol. The van der Waals surface area contributed by atoms with Gasteiger partial charge in [-0.05, 0) is 85.3 Å². The second-order valence-electron chi connectivity index (χ2n) is 11.1. The molecule has 2 N–H and O–H groups in total. The normalized spacial score (nSPS) is 17.8. The first-order chi connectivity index (χ1) is 20.4. The van der Waals surface area contributed by atoms with Crippen LogP contribution >= 0.6 is 0 Å². The van der Waals surface area contributed by atoms with E-state index in [0.29, 0.717) is 17.7 Å². The number of carbonyl (C=O) groups excluding carboxylic acids is 1. The summed E-state index contributed by atoms with van der Waals surface area (Å²) < 4.78 is 63.5. The van der Waals surface area contributed by atoms with E-state index in [0.717, 1.165) is 49.1 Å². The largest absolute Gasteiger partial charge is 0.416 e. The Morgan fingerprint density at radius 3 is 2.09 bits per heavy atom.